The maximum absolute atomic E-state index is 12.0. The zero-order chi connectivity index (χ0) is 13.1. The predicted molar refractivity (Wildman–Crippen MR) is 66.4 cm³/mol. The summed E-state index contributed by atoms with van der Waals surface area (Å²) in [6.07, 6.45) is 0.792. The van der Waals surface area contributed by atoms with Crippen molar-refractivity contribution in [1.29, 1.82) is 0 Å². The third kappa shape index (κ3) is 2.51. The molecule has 1 aliphatic rings. The van der Waals surface area contributed by atoms with Crippen LogP contribution in [-0.4, -0.2) is 29.6 Å². The molecule has 0 saturated carbocycles. The van der Waals surface area contributed by atoms with Crippen LogP contribution in [0.3, 0.4) is 0 Å². The summed E-state index contributed by atoms with van der Waals surface area (Å²) in [5.41, 5.74) is 2.71. The van der Waals surface area contributed by atoms with Crippen molar-refractivity contribution in [2.45, 2.75) is 25.9 Å². The summed E-state index contributed by atoms with van der Waals surface area (Å²) in [4.78, 5) is 22.8. The highest BCUT2D eigenvalue weighted by Crippen LogP contribution is 2.18. The summed E-state index contributed by atoms with van der Waals surface area (Å²) in [6, 6.07) is 4.68. The second-order valence-corrected chi connectivity index (χ2v) is 4.40. The second-order valence-electron chi connectivity index (χ2n) is 4.40. The number of carboxylic acids is 1. The highest BCUT2D eigenvalue weighted by Gasteiger charge is 2.20. The van der Waals surface area contributed by atoms with E-state index in [0.717, 1.165) is 30.6 Å². The standard InChI is InChI=1S/C13H16N2O3/c1-8(13(17)18)15-12(16)11-4-2-3-9-7-14-6-5-10(9)11/h2-4,8,14H,5-7H2,1H3,(H,15,16)(H,17,18)/t8-/m0/s1. The first-order chi connectivity index (χ1) is 8.59. The Morgan fingerprint density at radius 2 is 2.22 bits per heavy atom. The van der Waals surface area contributed by atoms with Gasteiger partial charge in [-0.3, -0.25) is 9.59 Å². The van der Waals surface area contributed by atoms with Crippen molar-refractivity contribution < 1.29 is 14.7 Å². The first-order valence-electron chi connectivity index (χ1n) is 5.94. The lowest BCUT2D eigenvalue weighted by atomic mass is 9.95. The van der Waals surface area contributed by atoms with Gasteiger partial charge in [0.1, 0.15) is 6.04 Å². The number of rotatable bonds is 3. The number of carboxylic acid groups (broad SMARTS) is 1. The van der Waals surface area contributed by atoms with Gasteiger partial charge in [-0.2, -0.15) is 0 Å². The monoisotopic (exact) mass is 248 g/mol. The number of hydrogen-bond donors (Lipinski definition) is 3. The Morgan fingerprint density at radius 1 is 1.44 bits per heavy atom. The van der Waals surface area contributed by atoms with E-state index in [2.05, 4.69) is 10.6 Å². The maximum atomic E-state index is 12.0. The first-order valence-corrected chi connectivity index (χ1v) is 5.94. The number of hydrogen-bond acceptors (Lipinski definition) is 3. The van der Waals surface area contributed by atoms with Gasteiger partial charge in [0.25, 0.3) is 5.91 Å². The van der Waals surface area contributed by atoms with Gasteiger partial charge in [-0.15, -0.1) is 0 Å². The van der Waals surface area contributed by atoms with Gasteiger partial charge >= 0.3 is 5.97 Å². The van der Waals surface area contributed by atoms with Gasteiger partial charge in [0.05, 0.1) is 0 Å². The van der Waals surface area contributed by atoms with E-state index in [4.69, 9.17) is 5.11 Å². The first kappa shape index (κ1) is 12.6. The molecule has 1 atom stereocenters. The zero-order valence-electron chi connectivity index (χ0n) is 10.2. The molecule has 0 unspecified atom stereocenters. The molecule has 1 aromatic rings. The molecule has 96 valence electrons. The molecule has 0 radical (unpaired) electrons. The topological polar surface area (TPSA) is 78.4 Å². The lowest BCUT2D eigenvalue weighted by Gasteiger charge is -2.20. The Kier molecular flexibility index (Phi) is 3.62. The Bertz CT molecular complexity index is 485. The molecule has 18 heavy (non-hydrogen) atoms. The lowest BCUT2D eigenvalue weighted by molar-refractivity contribution is -0.138. The molecular weight excluding hydrogens is 232 g/mol. The quantitative estimate of drug-likeness (QED) is 0.729. The van der Waals surface area contributed by atoms with Crippen LogP contribution < -0.4 is 10.6 Å². The number of carbonyl (C=O) groups excluding carboxylic acids is 1. The fourth-order valence-electron chi connectivity index (χ4n) is 2.08. The van der Waals surface area contributed by atoms with Crippen LogP contribution in [-0.2, 0) is 17.8 Å². The van der Waals surface area contributed by atoms with E-state index in [-0.39, 0.29) is 5.91 Å². The van der Waals surface area contributed by atoms with E-state index in [0.29, 0.717) is 5.56 Å². The van der Waals surface area contributed by atoms with Crippen LogP contribution in [0.4, 0.5) is 0 Å². The molecule has 0 aromatic heterocycles. The van der Waals surface area contributed by atoms with E-state index in [9.17, 15) is 9.59 Å². The van der Waals surface area contributed by atoms with Gasteiger partial charge in [-0.25, -0.2) is 0 Å². The van der Waals surface area contributed by atoms with Crippen LogP contribution in [0, 0.1) is 0 Å². The summed E-state index contributed by atoms with van der Waals surface area (Å²) in [5.74, 6) is -1.35. The largest absolute Gasteiger partial charge is 0.480 e. The molecule has 0 aliphatic carbocycles. The average molecular weight is 248 g/mol. The summed E-state index contributed by atoms with van der Waals surface area (Å²) in [5, 5.41) is 14.5. The molecular formula is C13H16N2O3. The molecule has 5 heteroatoms. The smallest absolute Gasteiger partial charge is 0.325 e. The average Bonchev–Trinajstić information content (AvgIpc) is 2.37. The normalized spacial score (nSPS) is 15.6. The number of nitrogens with one attached hydrogen (secondary N) is 2. The van der Waals surface area contributed by atoms with Crippen LogP contribution >= 0.6 is 0 Å². The van der Waals surface area contributed by atoms with E-state index in [1.807, 2.05) is 12.1 Å². The van der Waals surface area contributed by atoms with Crippen molar-refractivity contribution in [2.24, 2.45) is 0 Å². The highest BCUT2D eigenvalue weighted by atomic mass is 16.4. The molecule has 1 aromatic carbocycles. The summed E-state index contributed by atoms with van der Waals surface area (Å²) < 4.78 is 0. The van der Waals surface area contributed by atoms with E-state index in [1.165, 1.54) is 6.92 Å². The summed E-state index contributed by atoms with van der Waals surface area (Å²) in [6.45, 7) is 3.05. The van der Waals surface area contributed by atoms with Crippen molar-refractivity contribution in [2.75, 3.05) is 6.54 Å². The van der Waals surface area contributed by atoms with Gasteiger partial charge in [0, 0.05) is 12.1 Å². The number of aliphatic carboxylic acids is 1. The minimum atomic E-state index is -1.03. The molecule has 2 rings (SSSR count). The predicted octanol–water partition coefficient (Wildman–Crippen LogP) is 0.535. The highest BCUT2D eigenvalue weighted by molar-refractivity contribution is 5.98. The SMILES string of the molecule is C[C@H](NC(=O)c1cccc2c1CCNC2)C(=O)O. The van der Waals surface area contributed by atoms with Crippen LogP contribution in [0.5, 0.6) is 0 Å². The van der Waals surface area contributed by atoms with Gasteiger partial charge in [-0.1, -0.05) is 12.1 Å². The Balaban J connectivity index is 2.23. The minimum Gasteiger partial charge on any atom is -0.480 e. The van der Waals surface area contributed by atoms with Gasteiger partial charge in [-0.05, 0) is 37.1 Å². The van der Waals surface area contributed by atoms with Gasteiger partial charge in [0.2, 0.25) is 0 Å². The van der Waals surface area contributed by atoms with E-state index < -0.39 is 12.0 Å². The van der Waals surface area contributed by atoms with Crippen molar-refractivity contribution in [1.82, 2.24) is 10.6 Å². The van der Waals surface area contributed by atoms with Crippen molar-refractivity contribution in [3.8, 4) is 0 Å². The third-order valence-electron chi connectivity index (χ3n) is 3.10. The molecule has 0 bridgehead atoms. The summed E-state index contributed by atoms with van der Waals surface area (Å²) >= 11 is 0. The Hall–Kier alpha value is -1.88. The van der Waals surface area contributed by atoms with Crippen molar-refractivity contribution in [3.05, 3.63) is 34.9 Å². The van der Waals surface area contributed by atoms with E-state index in [1.54, 1.807) is 6.07 Å². The van der Waals surface area contributed by atoms with Crippen LogP contribution in [0.15, 0.2) is 18.2 Å². The van der Waals surface area contributed by atoms with Gasteiger partial charge < -0.3 is 15.7 Å². The number of amides is 1. The minimum absolute atomic E-state index is 0.316. The molecule has 5 nitrogen and oxygen atoms in total. The van der Waals surface area contributed by atoms with Crippen LogP contribution in [0.1, 0.15) is 28.4 Å². The van der Waals surface area contributed by atoms with Crippen LogP contribution in [0.2, 0.25) is 0 Å². The van der Waals surface area contributed by atoms with E-state index >= 15 is 0 Å². The number of carbonyl (C=O) groups is 2. The Labute approximate surface area is 105 Å². The third-order valence-corrected chi connectivity index (χ3v) is 3.10. The summed E-state index contributed by atoms with van der Waals surface area (Å²) in [7, 11) is 0. The zero-order valence-corrected chi connectivity index (χ0v) is 10.2. The second kappa shape index (κ2) is 5.18. The molecule has 0 spiro atoms. The van der Waals surface area contributed by atoms with Crippen LogP contribution in [0.25, 0.3) is 0 Å². The maximum Gasteiger partial charge on any atom is 0.325 e. The fraction of sp³-hybridized carbons (Fsp3) is 0.385. The number of benzene rings is 1. The number of fused-ring (bicyclic) bond motifs is 1. The fourth-order valence-corrected chi connectivity index (χ4v) is 2.08. The molecule has 1 aliphatic heterocycles. The van der Waals surface area contributed by atoms with Crippen molar-refractivity contribution in [3.63, 3.8) is 0 Å². The Morgan fingerprint density at radius 3 is 2.94 bits per heavy atom. The lowest BCUT2D eigenvalue weighted by Crippen LogP contribution is -2.39. The molecule has 3 N–H and O–H groups in total. The molecule has 0 saturated heterocycles. The van der Waals surface area contributed by atoms with Gasteiger partial charge in [0.15, 0.2) is 0 Å². The van der Waals surface area contributed by atoms with Crippen molar-refractivity contribution >= 4 is 11.9 Å². The molecule has 1 amide bonds. The molecule has 0 fully saturated rings. The molecule has 1 heterocycles.